The third kappa shape index (κ3) is 6.61. The first kappa shape index (κ1) is 23.8. The van der Waals surface area contributed by atoms with Crippen molar-refractivity contribution in [2.24, 2.45) is 0 Å². The van der Waals surface area contributed by atoms with Crippen LogP contribution in [0.1, 0.15) is 30.5 Å². The van der Waals surface area contributed by atoms with Gasteiger partial charge in [-0.25, -0.2) is 0 Å². The maximum Gasteiger partial charge on any atom is 0.256 e. The molecule has 4 aromatic rings. The van der Waals surface area contributed by atoms with Gasteiger partial charge in [0.1, 0.15) is 5.75 Å². The summed E-state index contributed by atoms with van der Waals surface area (Å²) >= 11 is 0. The minimum absolute atomic E-state index is 0.107. The van der Waals surface area contributed by atoms with E-state index in [-0.39, 0.29) is 12.0 Å². The zero-order valence-electron chi connectivity index (χ0n) is 20.3. The average Bonchev–Trinajstić information content (AvgIpc) is 2.86. The van der Waals surface area contributed by atoms with Crippen LogP contribution in [0.15, 0.2) is 103 Å². The molecule has 0 unspecified atom stereocenters. The molecule has 1 amide bonds. The number of rotatable bonds is 8. The first-order chi connectivity index (χ1) is 17.0. The maximum atomic E-state index is 13.5. The number of amides is 1. The Morgan fingerprint density at radius 2 is 1.40 bits per heavy atom. The molecule has 0 saturated heterocycles. The summed E-state index contributed by atoms with van der Waals surface area (Å²) in [6, 6.07) is 33.3. The fraction of sp³-hybridized carbons (Fsp3) is 0.129. The van der Waals surface area contributed by atoms with E-state index < -0.39 is 0 Å². The normalized spacial score (nSPS) is 11.3. The summed E-state index contributed by atoms with van der Waals surface area (Å²) in [6.07, 6.45) is 2.01. The van der Waals surface area contributed by atoms with Gasteiger partial charge in [0.05, 0.1) is 17.5 Å². The molecule has 35 heavy (non-hydrogen) atoms. The molecule has 0 aromatic heterocycles. The molecule has 0 bridgehead atoms. The molecule has 4 nitrogen and oxygen atoms in total. The van der Waals surface area contributed by atoms with Gasteiger partial charge in [-0.1, -0.05) is 72.3 Å². The van der Waals surface area contributed by atoms with Gasteiger partial charge in [-0.05, 0) is 74.4 Å². The van der Waals surface area contributed by atoms with Crippen LogP contribution in [0.5, 0.6) is 5.75 Å². The predicted molar refractivity (Wildman–Crippen MR) is 146 cm³/mol. The van der Waals surface area contributed by atoms with Crippen molar-refractivity contribution < 1.29 is 9.53 Å². The summed E-state index contributed by atoms with van der Waals surface area (Å²) < 4.78 is 5.75. The van der Waals surface area contributed by atoms with Crippen molar-refractivity contribution >= 4 is 34.6 Å². The molecule has 0 fully saturated rings. The molecule has 176 valence electrons. The van der Waals surface area contributed by atoms with E-state index in [2.05, 4.69) is 29.7 Å². The Hall–Kier alpha value is -4.31. The van der Waals surface area contributed by atoms with Gasteiger partial charge >= 0.3 is 0 Å². The number of anilines is 3. The second-order valence-electron chi connectivity index (χ2n) is 8.65. The van der Waals surface area contributed by atoms with Crippen LogP contribution < -0.4 is 15.4 Å². The molecule has 0 radical (unpaired) electrons. The second-order valence-corrected chi connectivity index (χ2v) is 8.65. The van der Waals surface area contributed by atoms with Gasteiger partial charge in [0.15, 0.2) is 0 Å². The molecule has 0 atom stereocenters. The fourth-order valence-corrected chi connectivity index (χ4v) is 3.66. The van der Waals surface area contributed by atoms with Gasteiger partial charge < -0.3 is 15.4 Å². The zero-order chi connectivity index (χ0) is 24.6. The van der Waals surface area contributed by atoms with Crippen LogP contribution in [-0.2, 0) is 4.79 Å². The van der Waals surface area contributed by atoms with Crippen LogP contribution >= 0.6 is 0 Å². The average molecular weight is 463 g/mol. The largest absolute Gasteiger partial charge is 0.491 e. The highest BCUT2D eigenvalue weighted by Gasteiger charge is 2.14. The van der Waals surface area contributed by atoms with Crippen LogP contribution in [-0.4, -0.2) is 12.0 Å². The number of para-hydroxylation sites is 2. The zero-order valence-corrected chi connectivity index (χ0v) is 20.3. The van der Waals surface area contributed by atoms with Gasteiger partial charge in [-0.2, -0.15) is 0 Å². The second kappa shape index (κ2) is 11.2. The molecule has 0 aliphatic carbocycles. The Kier molecular flexibility index (Phi) is 7.63. The van der Waals surface area contributed by atoms with Crippen molar-refractivity contribution in [1.29, 1.82) is 0 Å². The van der Waals surface area contributed by atoms with Gasteiger partial charge in [0.2, 0.25) is 0 Å². The van der Waals surface area contributed by atoms with Gasteiger partial charge in [0.25, 0.3) is 5.91 Å². The summed E-state index contributed by atoms with van der Waals surface area (Å²) in [6.45, 7) is 6.05. The molecule has 2 N–H and O–H groups in total. The molecule has 4 aromatic carbocycles. The molecule has 0 aliphatic rings. The monoisotopic (exact) mass is 462 g/mol. The smallest absolute Gasteiger partial charge is 0.256 e. The Labute approximate surface area is 207 Å². The van der Waals surface area contributed by atoms with Crippen molar-refractivity contribution in [3.8, 4) is 5.75 Å². The third-order valence-corrected chi connectivity index (χ3v) is 5.40. The lowest BCUT2D eigenvalue weighted by Gasteiger charge is -2.15. The first-order valence-corrected chi connectivity index (χ1v) is 11.8. The predicted octanol–water partition coefficient (Wildman–Crippen LogP) is 7.71. The Morgan fingerprint density at radius 3 is 2.06 bits per heavy atom. The van der Waals surface area contributed by atoms with Crippen molar-refractivity contribution in [3.05, 3.63) is 120 Å². The molecule has 4 heteroatoms. The first-order valence-electron chi connectivity index (χ1n) is 11.8. The number of nitrogens with one attached hydrogen (secondary N) is 2. The Bertz CT molecular complexity index is 1290. The summed E-state index contributed by atoms with van der Waals surface area (Å²) in [7, 11) is 0. The lowest BCUT2D eigenvalue weighted by Crippen LogP contribution is -2.14. The molecule has 0 heterocycles. The highest BCUT2D eigenvalue weighted by Crippen LogP contribution is 2.28. The minimum atomic E-state index is -0.183. The highest BCUT2D eigenvalue weighted by atomic mass is 16.5. The molecule has 0 aliphatic heterocycles. The van der Waals surface area contributed by atoms with E-state index in [0.29, 0.717) is 11.3 Å². The topological polar surface area (TPSA) is 50.4 Å². The number of benzene rings is 4. The van der Waals surface area contributed by atoms with E-state index in [1.54, 1.807) is 0 Å². The number of aryl methyl sites for hydroxylation is 1. The molecule has 0 spiro atoms. The van der Waals surface area contributed by atoms with Crippen molar-refractivity contribution in [2.75, 3.05) is 10.6 Å². The molecule has 4 rings (SSSR count). The van der Waals surface area contributed by atoms with E-state index in [4.69, 9.17) is 4.74 Å². The van der Waals surface area contributed by atoms with E-state index in [0.717, 1.165) is 28.3 Å². The van der Waals surface area contributed by atoms with E-state index in [9.17, 15) is 4.79 Å². The quantitative estimate of drug-likeness (QED) is 0.208. The summed E-state index contributed by atoms with van der Waals surface area (Å²) in [5.74, 6) is 0.621. The lowest BCUT2D eigenvalue weighted by atomic mass is 10.0. The van der Waals surface area contributed by atoms with Crippen LogP contribution in [0.4, 0.5) is 17.1 Å². The molecular formula is C31H30N2O2. The number of ether oxygens (including phenoxy) is 1. The standard InChI is InChI=1S/C31H30N2O2/c1-22(2)35-27-19-15-24(16-20-27)21-28(25-9-5-4-6-10-25)31(34)33-30-12-8-7-11-29(30)32-26-17-13-23(3)14-18-26/h4-22,32H,1-3H3,(H,33,34)/b28-21+. The van der Waals surface area contributed by atoms with Gasteiger partial charge in [0, 0.05) is 11.3 Å². The third-order valence-electron chi connectivity index (χ3n) is 5.40. The van der Waals surface area contributed by atoms with Crippen LogP contribution in [0.2, 0.25) is 0 Å². The van der Waals surface area contributed by atoms with E-state index in [1.165, 1.54) is 5.56 Å². The fourth-order valence-electron chi connectivity index (χ4n) is 3.66. The highest BCUT2D eigenvalue weighted by molar-refractivity contribution is 6.29. The molecule has 0 saturated carbocycles. The SMILES string of the molecule is Cc1ccc(Nc2ccccc2NC(=O)/C(=C/c2ccc(OC(C)C)cc2)c2ccccc2)cc1. The number of carbonyl (C=O) groups is 1. The van der Waals surface area contributed by atoms with E-state index >= 15 is 0 Å². The number of hydrogen-bond acceptors (Lipinski definition) is 3. The number of hydrogen-bond donors (Lipinski definition) is 2. The Morgan fingerprint density at radius 1 is 0.771 bits per heavy atom. The van der Waals surface area contributed by atoms with Crippen molar-refractivity contribution in [3.63, 3.8) is 0 Å². The summed E-state index contributed by atoms with van der Waals surface area (Å²) in [4.78, 5) is 13.5. The maximum absolute atomic E-state index is 13.5. The van der Waals surface area contributed by atoms with Crippen LogP contribution in [0.25, 0.3) is 11.6 Å². The van der Waals surface area contributed by atoms with Crippen molar-refractivity contribution in [1.82, 2.24) is 0 Å². The lowest BCUT2D eigenvalue weighted by molar-refractivity contribution is -0.111. The van der Waals surface area contributed by atoms with Gasteiger partial charge in [-0.3, -0.25) is 4.79 Å². The van der Waals surface area contributed by atoms with Crippen LogP contribution in [0, 0.1) is 6.92 Å². The minimum Gasteiger partial charge on any atom is -0.491 e. The van der Waals surface area contributed by atoms with Crippen LogP contribution in [0.3, 0.4) is 0 Å². The van der Waals surface area contributed by atoms with E-state index in [1.807, 2.05) is 111 Å². The van der Waals surface area contributed by atoms with Gasteiger partial charge in [-0.15, -0.1) is 0 Å². The van der Waals surface area contributed by atoms with Crippen molar-refractivity contribution in [2.45, 2.75) is 26.9 Å². The Balaban J connectivity index is 1.61. The number of carbonyl (C=O) groups excluding carboxylic acids is 1. The molecular weight excluding hydrogens is 432 g/mol. The summed E-state index contributed by atoms with van der Waals surface area (Å²) in [5.41, 5.74) is 6.03. The summed E-state index contributed by atoms with van der Waals surface area (Å²) in [5, 5.41) is 6.51.